The minimum atomic E-state index is -0.379. The third-order valence-corrected chi connectivity index (χ3v) is 4.14. The summed E-state index contributed by atoms with van der Waals surface area (Å²) in [6, 6.07) is 0. The molecule has 110 valence electrons. The van der Waals surface area contributed by atoms with Gasteiger partial charge >= 0.3 is 7.12 Å². The van der Waals surface area contributed by atoms with E-state index in [9.17, 15) is 0 Å². The van der Waals surface area contributed by atoms with Crippen LogP contribution in [0.25, 0.3) is 0 Å². The molecule has 1 aliphatic heterocycles. The van der Waals surface area contributed by atoms with Crippen molar-refractivity contribution in [3.8, 4) is 0 Å². The van der Waals surface area contributed by atoms with Crippen LogP contribution in [0.5, 0.6) is 0 Å². The zero-order valence-electron chi connectivity index (χ0n) is 12.8. The molecular formula is C14H19BN4O2. The van der Waals surface area contributed by atoms with E-state index in [1.54, 1.807) is 18.6 Å². The van der Waals surface area contributed by atoms with Crippen molar-refractivity contribution in [3.63, 3.8) is 0 Å². The largest absolute Gasteiger partial charge is 0.498 e. The van der Waals surface area contributed by atoms with Gasteiger partial charge in [0.25, 0.3) is 0 Å². The van der Waals surface area contributed by atoms with Crippen LogP contribution in [0.2, 0.25) is 0 Å². The molecule has 21 heavy (non-hydrogen) atoms. The molecule has 0 unspecified atom stereocenters. The van der Waals surface area contributed by atoms with Crippen LogP contribution in [0.15, 0.2) is 31.1 Å². The Morgan fingerprint density at radius 3 is 2.29 bits per heavy atom. The Bertz CT molecular complexity index is 611. The van der Waals surface area contributed by atoms with Crippen molar-refractivity contribution >= 4 is 12.6 Å². The van der Waals surface area contributed by atoms with E-state index in [-0.39, 0.29) is 18.3 Å². The summed E-state index contributed by atoms with van der Waals surface area (Å²) >= 11 is 0. The lowest BCUT2D eigenvalue weighted by atomic mass is 9.82. The molecule has 0 atom stereocenters. The van der Waals surface area contributed by atoms with Crippen molar-refractivity contribution in [2.75, 3.05) is 0 Å². The summed E-state index contributed by atoms with van der Waals surface area (Å²) < 4.78 is 13.9. The smallest absolute Gasteiger partial charge is 0.399 e. The zero-order valence-corrected chi connectivity index (χ0v) is 12.8. The van der Waals surface area contributed by atoms with Gasteiger partial charge in [0.2, 0.25) is 0 Å². The summed E-state index contributed by atoms with van der Waals surface area (Å²) in [6.07, 6.45) is 8.80. The molecule has 0 aromatic carbocycles. The fraction of sp³-hybridized carbons (Fsp3) is 0.500. The lowest BCUT2D eigenvalue weighted by molar-refractivity contribution is 0.00578. The Hall–Kier alpha value is -1.73. The highest BCUT2D eigenvalue weighted by molar-refractivity contribution is 6.61. The van der Waals surface area contributed by atoms with Crippen LogP contribution in [0.1, 0.15) is 33.3 Å². The highest BCUT2D eigenvalue weighted by Gasteiger charge is 2.52. The Labute approximate surface area is 124 Å². The Kier molecular flexibility index (Phi) is 3.34. The summed E-state index contributed by atoms with van der Waals surface area (Å²) in [7, 11) is -0.379. The molecule has 0 amide bonds. The van der Waals surface area contributed by atoms with Crippen LogP contribution in [-0.4, -0.2) is 38.1 Å². The first-order valence-electron chi connectivity index (χ1n) is 6.99. The van der Waals surface area contributed by atoms with Crippen molar-refractivity contribution in [1.29, 1.82) is 0 Å². The minimum Gasteiger partial charge on any atom is -0.399 e. The lowest BCUT2D eigenvalue weighted by Crippen LogP contribution is -2.41. The van der Waals surface area contributed by atoms with Crippen LogP contribution in [-0.2, 0) is 15.9 Å². The van der Waals surface area contributed by atoms with Crippen molar-refractivity contribution in [3.05, 3.63) is 36.7 Å². The van der Waals surface area contributed by atoms with E-state index in [1.165, 1.54) is 6.33 Å². The molecule has 0 aliphatic carbocycles. The minimum absolute atomic E-state index is 0.340. The van der Waals surface area contributed by atoms with E-state index < -0.39 is 0 Å². The molecule has 0 bridgehead atoms. The van der Waals surface area contributed by atoms with Crippen LogP contribution in [0.4, 0.5) is 0 Å². The van der Waals surface area contributed by atoms with Gasteiger partial charge in [0.1, 0.15) is 6.33 Å². The number of rotatable bonds is 3. The van der Waals surface area contributed by atoms with Gasteiger partial charge in [-0.25, -0.2) is 9.97 Å². The first-order chi connectivity index (χ1) is 9.87. The quantitative estimate of drug-likeness (QED) is 0.788. The van der Waals surface area contributed by atoms with Crippen LogP contribution in [0.3, 0.4) is 0 Å². The molecule has 3 heterocycles. The predicted molar refractivity (Wildman–Crippen MR) is 79.1 cm³/mol. The van der Waals surface area contributed by atoms with Crippen LogP contribution < -0.4 is 5.46 Å². The van der Waals surface area contributed by atoms with E-state index in [4.69, 9.17) is 9.31 Å². The number of hydrogen-bond donors (Lipinski definition) is 0. The molecule has 0 radical (unpaired) electrons. The summed E-state index contributed by atoms with van der Waals surface area (Å²) in [5.74, 6) is 0. The van der Waals surface area contributed by atoms with Gasteiger partial charge in [-0.3, -0.25) is 4.68 Å². The standard InChI is InChI=1S/C14H19BN4O2/c1-13(2)14(3,4)21-15(20-13)12-7-18-19(9-12)8-11-5-16-10-17-6-11/h5-7,9-10H,8H2,1-4H3. The third-order valence-electron chi connectivity index (χ3n) is 4.14. The Morgan fingerprint density at radius 2 is 1.67 bits per heavy atom. The van der Waals surface area contributed by atoms with Gasteiger partial charge < -0.3 is 9.31 Å². The Balaban J connectivity index is 1.74. The molecule has 0 N–H and O–H groups in total. The maximum atomic E-state index is 6.01. The average Bonchev–Trinajstić information content (AvgIpc) is 2.94. The second-order valence-corrected chi connectivity index (χ2v) is 6.31. The van der Waals surface area contributed by atoms with E-state index in [0.717, 1.165) is 11.0 Å². The fourth-order valence-electron chi connectivity index (χ4n) is 2.17. The normalized spacial score (nSPS) is 19.9. The molecule has 6 nitrogen and oxygen atoms in total. The molecule has 7 heteroatoms. The molecular weight excluding hydrogens is 267 g/mol. The lowest BCUT2D eigenvalue weighted by Gasteiger charge is -2.32. The number of hydrogen-bond acceptors (Lipinski definition) is 5. The second kappa shape index (κ2) is 4.93. The maximum Gasteiger partial charge on any atom is 0.498 e. The summed E-state index contributed by atoms with van der Waals surface area (Å²) in [5.41, 5.74) is 1.24. The summed E-state index contributed by atoms with van der Waals surface area (Å²) in [5, 5.41) is 4.35. The van der Waals surface area contributed by atoms with Crippen molar-refractivity contribution in [2.24, 2.45) is 0 Å². The van der Waals surface area contributed by atoms with E-state index in [0.29, 0.717) is 6.54 Å². The van der Waals surface area contributed by atoms with Gasteiger partial charge in [0.15, 0.2) is 0 Å². The number of aromatic nitrogens is 4. The van der Waals surface area contributed by atoms with Gasteiger partial charge in [-0.05, 0) is 27.7 Å². The Morgan fingerprint density at radius 1 is 1.05 bits per heavy atom. The second-order valence-electron chi connectivity index (χ2n) is 6.31. The van der Waals surface area contributed by atoms with E-state index in [1.807, 2.05) is 38.6 Å². The zero-order chi connectivity index (χ0) is 15.1. The molecule has 0 saturated carbocycles. The first-order valence-corrected chi connectivity index (χ1v) is 6.99. The summed E-state index contributed by atoms with van der Waals surface area (Å²) in [4.78, 5) is 8.00. The van der Waals surface area contributed by atoms with E-state index in [2.05, 4.69) is 15.1 Å². The number of nitrogens with zero attached hydrogens (tertiary/aromatic N) is 4. The molecule has 1 fully saturated rings. The highest BCUT2D eigenvalue weighted by Crippen LogP contribution is 2.36. The van der Waals surface area contributed by atoms with Gasteiger partial charge in [-0.15, -0.1) is 0 Å². The summed E-state index contributed by atoms with van der Waals surface area (Å²) in [6.45, 7) is 8.79. The maximum absolute atomic E-state index is 6.01. The average molecular weight is 286 g/mol. The molecule has 3 rings (SSSR count). The van der Waals surface area contributed by atoms with Crippen molar-refractivity contribution in [1.82, 2.24) is 19.7 Å². The monoisotopic (exact) mass is 286 g/mol. The van der Waals surface area contributed by atoms with Crippen molar-refractivity contribution in [2.45, 2.75) is 45.4 Å². The molecule has 0 spiro atoms. The SMILES string of the molecule is CC1(C)OB(c2cnn(Cc3cncnc3)c2)OC1(C)C. The predicted octanol–water partition coefficient (Wildman–Crippen LogP) is 1.02. The fourth-order valence-corrected chi connectivity index (χ4v) is 2.17. The van der Waals surface area contributed by atoms with Gasteiger partial charge in [0, 0.05) is 35.8 Å². The molecule has 1 saturated heterocycles. The molecule has 2 aromatic heterocycles. The van der Waals surface area contributed by atoms with Crippen LogP contribution in [0, 0.1) is 0 Å². The third kappa shape index (κ3) is 2.71. The highest BCUT2D eigenvalue weighted by atomic mass is 16.7. The molecule has 1 aliphatic rings. The topological polar surface area (TPSA) is 62.1 Å². The van der Waals surface area contributed by atoms with Crippen LogP contribution >= 0.6 is 0 Å². The van der Waals surface area contributed by atoms with Gasteiger partial charge in [0.05, 0.1) is 17.7 Å². The van der Waals surface area contributed by atoms with Crippen molar-refractivity contribution < 1.29 is 9.31 Å². The van der Waals surface area contributed by atoms with E-state index >= 15 is 0 Å². The molecule has 2 aromatic rings. The van der Waals surface area contributed by atoms with Gasteiger partial charge in [-0.2, -0.15) is 5.10 Å². The van der Waals surface area contributed by atoms with Gasteiger partial charge in [-0.1, -0.05) is 0 Å². The first kappa shape index (κ1) is 14.2.